The minimum atomic E-state index is -0.116. The molecular weight excluding hydrogens is 304 g/mol. The summed E-state index contributed by atoms with van der Waals surface area (Å²) in [6, 6.07) is 7.80. The zero-order chi connectivity index (χ0) is 17.1. The molecule has 1 aliphatic rings. The number of carbonyl (C=O) groups is 1. The van der Waals surface area contributed by atoms with E-state index >= 15 is 0 Å². The van der Waals surface area contributed by atoms with E-state index in [0.29, 0.717) is 18.8 Å². The van der Waals surface area contributed by atoms with E-state index in [0.717, 1.165) is 23.6 Å². The molecule has 0 spiro atoms. The molecule has 0 fully saturated rings. The van der Waals surface area contributed by atoms with Crippen molar-refractivity contribution in [3.05, 3.63) is 53.6 Å². The van der Waals surface area contributed by atoms with Crippen LogP contribution in [0.25, 0.3) is 0 Å². The summed E-state index contributed by atoms with van der Waals surface area (Å²) in [5.74, 6) is 0.723. The van der Waals surface area contributed by atoms with E-state index in [1.165, 1.54) is 0 Å². The molecule has 126 valence electrons. The van der Waals surface area contributed by atoms with Gasteiger partial charge >= 0.3 is 0 Å². The summed E-state index contributed by atoms with van der Waals surface area (Å²) in [5.41, 5.74) is 2.16. The molecular formula is C18H22N4O2. The lowest BCUT2D eigenvalue weighted by Crippen LogP contribution is -2.47. The molecule has 6 heteroatoms. The van der Waals surface area contributed by atoms with Gasteiger partial charge in [-0.2, -0.15) is 0 Å². The topological polar surface area (TPSA) is 58.6 Å². The molecule has 0 radical (unpaired) electrons. The minimum absolute atomic E-state index is 0.0528. The molecule has 1 aromatic carbocycles. The first-order chi connectivity index (χ1) is 11.5. The maximum absolute atomic E-state index is 13.0. The second-order valence-electron chi connectivity index (χ2n) is 6.31. The van der Waals surface area contributed by atoms with Crippen molar-refractivity contribution in [1.29, 1.82) is 0 Å². The van der Waals surface area contributed by atoms with Crippen molar-refractivity contribution >= 4 is 5.91 Å². The molecule has 0 N–H and O–H groups in total. The van der Waals surface area contributed by atoms with E-state index in [4.69, 9.17) is 4.74 Å². The number of ether oxygens (including phenoxy) is 1. The number of rotatable bonds is 3. The lowest BCUT2D eigenvalue weighted by Gasteiger charge is -2.30. The number of carbonyl (C=O) groups excluding carboxylic acids is 1. The highest BCUT2D eigenvalue weighted by Crippen LogP contribution is 2.25. The van der Waals surface area contributed by atoms with Gasteiger partial charge in [-0.05, 0) is 27.1 Å². The summed E-state index contributed by atoms with van der Waals surface area (Å²) in [7, 11) is 3.98. The third-order valence-corrected chi connectivity index (χ3v) is 4.02. The summed E-state index contributed by atoms with van der Waals surface area (Å²) in [6.45, 7) is 3.54. The van der Waals surface area contributed by atoms with Crippen molar-refractivity contribution in [2.75, 3.05) is 27.2 Å². The van der Waals surface area contributed by atoms with Gasteiger partial charge in [-0.3, -0.25) is 9.78 Å². The van der Waals surface area contributed by atoms with Crippen molar-refractivity contribution in [1.82, 2.24) is 19.8 Å². The Hall–Kier alpha value is -2.47. The standard InChI is InChI=1S/C18H22N4O2/c1-13-8-20-16(9-19-13)18(23)22-10-14-6-4-5-7-17(14)24-12-15(22)11-21(2)3/h4-9,15H,10-12H2,1-3H3. The number of hydrogen-bond acceptors (Lipinski definition) is 5. The molecule has 6 nitrogen and oxygen atoms in total. The fourth-order valence-electron chi connectivity index (χ4n) is 2.82. The molecule has 2 heterocycles. The van der Waals surface area contributed by atoms with Gasteiger partial charge in [0.1, 0.15) is 18.1 Å². The number of likely N-dealkylation sites (N-methyl/N-ethyl adjacent to an activating group) is 1. The average Bonchev–Trinajstić information content (AvgIpc) is 2.74. The summed E-state index contributed by atoms with van der Waals surface area (Å²) in [6.07, 6.45) is 3.17. The number of aryl methyl sites for hydroxylation is 1. The van der Waals surface area contributed by atoms with Gasteiger partial charge < -0.3 is 14.5 Å². The molecule has 1 aliphatic heterocycles. The molecule has 0 saturated carbocycles. The van der Waals surface area contributed by atoms with Gasteiger partial charge in [0.05, 0.1) is 24.5 Å². The van der Waals surface area contributed by atoms with Gasteiger partial charge in [-0.15, -0.1) is 0 Å². The van der Waals surface area contributed by atoms with Crippen LogP contribution < -0.4 is 4.74 Å². The van der Waals surface area contributed by atoms with Gasteiger partial charge in [0, 0.05) is 18.3 Å². The fraction of sp³-hybridized carbons (Fsp3) is 0.389. The monoisotopic (exact) mass is 326 g/mol. The molecule has 3 rings (SSSR count). The van der Waals surface area contributed by atoms with Crippen molar-refractivity contribution < 1.29 is 9.53 Å². The number of hydrogen-bond donors (Lipinski definition) is 0. The van der Waals surface area contributed by atoms with Crippen LogP contribution >= 0.6 is 0 Å². The maximum atomic E-state index is 13.0. The van der Waals surface area contributed by atoms with Crippen LogP contribution in [0, 0.1) is 6.92 Å². The molecule has 0 saturated heterocycles. The number of aromatic nitrogens is 2. The summed E-state index contributed by atoms with van der Waals surface area (Å²) in [5, 5.41) is 0. The Kier molecular flexibility index (Phi) is 4.76. The van der Waals surface area contributed by atoms with E-state index in [1.807, 2.05) is 50.2 Å². The van der Waals surface area contributed by atoms with E-state index in [1.54, 1.807) is 12.4 Å². The molecule has 1 atom stereocenters. The third kappa shape index (κ3) is 3.54. The normalized spacial score (nSPS) is 17.2. The second kappa shape index (κ2) is 6.97. The van der Waals surface area contributed by atoms with E-state index < -0.39 is 0 Å². The Morgan fingerprint density at radius 3 is 2.79 bits per heavy atom. The van der Waals surface area contributed by atoms with Gasteiger partial charge in [0.25, 0.3) is 5.91 Å². The molecule has 1 amide bonds. The van der Waals surface area contributed by atoms with Gasteiger partial charge in [-0.1, -0.05) is 18.2 Å². The van der Waals surface area contributed by atoms with Crippen LogP contribution in [0.3, 0.4) is 0 Å². The molecule has 0 bridgehead atoms. The first kappa shape index (κ1) is 16.4. The Morgan fingerprint density at radius 2 is 2.08 bits per heavy atom. The summed E-state index contributed by atoms with van der Waals surface area (Å²) in [4.78, 5) is 25.4. The van der Waals surface area contributed by atoms with Crippen LogP contribution in [0.2, 0.25) is 0 Å². The van der Waals surface area contributed by atoms with Crippen LogP contribution in [0.1, 0.15) is 21.7 Å². The number of benzene rings is 1. The lowest BCUT2D eigenvalue weighted by atomic mass is 10.1. The molecule has 24 heavy (non-hydrogen) atoms. The minimum Gasteiger partial charge on any atom is -0.491 e. The average molecular weight is 326 g/mol. The lowest BCUT2D eigenvalue weighted by molar-refractivity contribution is 0.0577. The Morgan fingerprint density at radius 1 is 1.29 bits per heavy atom. The SMILES string of the molecule is Cc1cnc(C(=O)N2Cc3ccccc3OCC2CN(C)C)cn1. The van der Waals surface area contributed by atoms with Crippen LogP contribution in [0.5, 0.6) is 5.75 Å². The largest absolute Gasteiger partial charge is 0.491 e. The van der Waals surface area contributed by atoms with E-state index in [9.17, 15) is 4.79 Å². The third-order valence-electron chi connectivity index (χ3n) is 4.02. The smallest absolute Gasteiger partial charge is 0.274 e. The predicted molar refractivity (Wildman–Crippen MR) is 90.9 cm³/mol. The summed E-state index contributed by atoms with van der Waals surface area (Å²) >= 11 is 0. The zero-order valence-corrected chi connectivity index (χ0v) is 14.3. The highest BCUT2D eigenvalue weighted by Gasteiger charge is 2.30. The Bertz CT molecular complexity index is 715. The quantitative estimate of drug-likeness (QED) is 0.860. The van der Waals surface area contributed by atoms with E-state index in [2.05, 4.69) is 14.9 Å². The molecule has 1 unspecified atom stereocenters. The predicted octanol–water partition coefficient (Wildman–Crippen LogP) is 1.75. The second-order valence-corrected chi connectivity index (χ2v) is 6.31. The fourth-order valence-corrected chi connectivity index (χ4v) is 2.82. The highest BCUT2D eigenvalue weighted by molar-refractivity contribution is 5.92. The van der Waals surface area contributed by atoms with Gasteiger partial charge in [0.15, 0.2) is 0 Å². The summed E-state index contributed by atoms with van der Waals surface area (Å²) < 4.78 is 5.94. The van der Waals surface area contributed by atoms with Crippen LogP contribution in [-0.4, -0.2) is 59.0 Å². The number of nitrogens with zero attached hydrogens (tertiary/aromatic N) is 4. The Labute approximate surface area is 142 Å². The van der Waals surface area contributed by atoms with Crippen molar-refractivity contribution in [3.8, 4) is 5.75 Å². The van der Waals surface area contributed by atoms with Gasteiger partial charge in [0.2, 0.25) is 0 Å². The maximum Gasteiger partial charge on any atom is 0.274 e. The molecule has 0 aliphatic carbocycles. The first-order valence-electron chi connectivity index (χ1n) is 7.99. The number of amides is 1. The van der Waals surface area contributed by atoms with E-state index in [-0.39, 0.29) is 11.9 Å². The number of para-hydroxylation sites is 1. The highest BCUT2D eigenvalue weighted by atomic mass is 16.5. The van der Waals surface area contributed by atoms with Crippen molar-refractivity contribution in [3.63, 3.8) is 0 Å². The van der Waals surface area contributed by atoms with Gasteiger partial charge in [-0.25, -0.2) is 4.98 Å². The van der Waals surface area contributed by atoms with Crippen LogP contribution in [0.4, 0.5) is 0 Å². The van der Waals surface area contributed by atoms with Crippen LogP contribution in [-0.2, 0) is 6.54 Å². The molecule has 1 aromatic heterocycles. The van der Waals surface area contributed by atoms with Crippen molar-refractivity contribution in [2.45, 2.75) is 19.5 Å². The van der Waals surface area contributed by atoms with Crippen LogP contribution in [0.15, 0.2) is 36.7 Å². The molecule has 2 aromatic rings. The number of fused-ring (bicyclic) bond motifs is 1. The first-order valence-corrected chi connectivity index (χ1v) is 7.99. The zero-order valence-electron chi connectivity index (χ0n) is 14.3. The Balaban J connectivity index is 1.92. The van der Waals surface area contributed by atoms with Crippen molar-refractivity contribution in [2.24, 2.45) is 0 Å².